The van der Waals surface area contributed by atoms with Crippen LogP contribution >= 0.6 is 11.8 Å². The van der Waals surface area contributed by atoms with E-state index in [0.717, 1.165) is 22.3 Å². The quantitative estimate of drug-likeness (QED) is 0.535. The molecule has 3 rings (SSSR count). The average Bonchev–Trinajstić information content (AvgIpc) is 2.52. The van der Waals surface area contributed by atoms with E-state index in [1.54, 1.807) is 25.7 Å². The average molecular weight is 168 g/mol. The van der Waals surface area contributed by atoms with Gasteiger partial charge in [0, 0.05) is 10.5 Å². The minimum absolute atomic E-state index is 1.10. The molecule has 62 valence electrons. The third-order valence-electron chi connectivity index (χ3n) is 3.91. The van der Waals surface area contributed by atoms with Gasteiger partial charge in [0.2, 0.25) is 0 Å². The summed E-state index contributed by atoms with van der Waals surface area (Å²) in [4.78, 5) is 0. The van der Waals surface area contributed by atoms with Crippen LogP contribution in [0.3, 0.4) is 0 Å². The summed E-state index contributed by atoms with van der Waals surface area (Å²) in [5.41, 5.74) is 0. The number of hydrogen-bond donors (Lipinski definition) is 0. The molecule has 0 spiro atoms. The van der Waals surface area contributed by atoms with Gasteiger partial charge in [0.15, 0.2) is 0 Å². The molecule has 1 heterocycles. The lowest BCUT2D eigenvalue weighted by molar-refractivity contribution is 0.384. The molecule has 1 aliphatic heterocycles. The van der Waals surface area contributed by atoms with Gasteiger partial charge < -0.3 is 0 Å². The number of thioether (sulfide) groups is 1. The second kappa shape index (κ2) is 2.42. The first kappa shape index (κ1) is 6.82. The highest BCUT2D eigenvalue weighted by molar-refractivity contribution is 8.00. The van der Waals surface area contributed by atoms with Crippen molar-refractivity contribution in [1.29, 1.82) is 0 Å². The largest absolute Gasteiger partial charge is 0.155 e. The van der Waals surface area contributed by atoms with E-state index in [4.69, 9.17) is 0 Å². The molecule has 0 unspecified atom stereocenters. The molecular formula is C10H16S. The normalized spacial score (nSPS) is 54.5. The SMILES string of the molecule is C1C[C@H]2[C@@H]3CCC[C@@H]3S[C@H]2C1. The Morgan fingerprint density at radius 2 is 1.27 bits per heavy atom. The summed E-state index contributed by atoms with van der Waals surface area (Å²) >= 11 is 2.35. The van der Waals surface area contributed by atoms with Crippen LogP contribution in [0.2, 0.25) is 0 Å². The predicted molar refractivity (Wildman–Crippen MR) is 49.8 cm³/mol. The number of hydrogen-bond acceptors (Lipinski definition) is 1. The molecule has 0 aromatic carbocycles. The zero-order valence-corrected chi connectivity index (χ0v) is 7.78. The van der Waals surface area contributed by atoms with Crippen LogP contribution in [0, 0.1) is 11.8 Å². The molecule has 0 nitrogen and oxygen atoms in total. The molecule has 0 amide bonds. The van der Waals surface area contributed by atoms with Gasteiger partial charge in [0.05, 0.1) is 0 Å². The van der Waals surface area contributed by atoms with E-state index in [0.29, 0.717) is 0 Å². The molecule has 4 atom stereocenters. The molecule has 2 aliphatic carbocycles. The van der Waals surface area contributed by atoms with Crippen molar-refractivity contribution in [1.82, 2.24) is 0 Å². The summed E-state index contributed by atoms with van der Waals surface area (Å²) < 4.78 is 0. The van der Waals surface area contributed by atoms with E-state index in [2.05, 4.69) is 11.8 Å². The monoisotopic (exact) mass is 168 g/mol. The third kappa shape index (κ3) is 0.898. The first-order chi connectivity index (χ1) is 5.45. The van der Waals surface area contributed by atoms with Crippen molar-refractivity contribution in [3.8, 4) is 0 Å². The van der Waals surface area contributed by atoms with E-state index < -0.39 is 0 Å². The van der Waals surface area contributed by atoms with Crippen LogP contribution in [0.5, 0.6) is 0 Å². The molecule has 0 bridgehead atoms. The Bertz CT molecular complexity index is 148. The number of fused-ring (bicyclic) bond motifs is 3. The van der Waals surface area contributed by atoms with Crippen LogP contribution in [-0.2, 0) is 0 Å². The van der Waals surface area contributed by atoms with Crippen molar-refractivity contribution in [2.45, 2.75) is 49.0 Å². The lowest BCUT2D eigenvalue weighted by Gasteiger charge is -2.14. The molecule has 3 fully saturated rings. The highest BCUT2D eigenvalue weighted by Gasteiger charge is 2.47. The maximum atomic E-state index is 2.35. The van der Waals surface area contributed by atoms with Gasteiger partial charge in [-0.25, -0.2) is 0 Å². The minimum Gasteiger partial charge on any atom is -0.155 e. The zero-order valence-electron chi connectivity index (χ0n) is 6.96. The lowest BCUT2D eigenvalue weighted by atomic mass is 9.90. The zero-order chi connectivity index (χ0) is 7.26. The summed E-state index contributed by atoms with van der Waals surface area (Å²) in [5, 5.41) is 2.20. The standard InChI is InChI=1S/C10H16S/c1-3-7-8-4-2-6-10(8)11-9(7)5-1/h7-10H,1-6H2/t7-,8-,9-,10-/m0/s1. The molecule has 11 heavy (non-hydrogen) atoms. The fraction of sp³-hybridized carbons (Fsp3) is 1.00. The van der Waals surface area contributed by atoms with Gasteiger partial charge in [-0.05, 0) is 37.5 Å². The van der Waals surface area contributed by atoms with Crippen molar-refractivity contribution in [3.05, 3.63) is 0 Å². The van der Waals surface area contributed by atoms with Gasteiger partial charge >= 0.3 is 0 Å². The van der Waals surface area contributed by atoms with Crippen molar-refractivity contribution < 1.29 is 0 Å². The van der Waals surface area contributed by atoms with E-state index in [9.17, 15) is 0 Å². The molecule has 1 saturated heterocycles. The van der Waals surface area contributed by atoms with E-state index in [-0.39, 0.29) is 0 Å². The highest BCUT2D eigenvalue weighted by Crippen LogP contribution is 2.56. The van der Waals surface area contributed by atoms with Crippen molar-refractivity contribution in [3.63, 3.8) is 0 Å². The maximum absolute atomic E-state index is 2.35. The van der Waals surface area contributed by atoms with Crippen LogP contribution in [0.1, 0.15) is 38.5 Å². The van der Waals surface area contributed by atoms with Crippen LogP contribution in [-0.4, -0.2) is 10.5 Å². The summed E-state index contributed by atoms with van der Waals surface area (Å²) in [6, 6.07) is 0. The minimum atomic E-state index is 1.10. The highest BCUT2D eigenvalue weighted by atomic mass is 32.2. The van der Waals surface area contributed by atoms with Crippen LogP contribution < -0.4 is 0 Å². The molecule has 0 radical (unpaired) electrons. The van der Waals surface area contributed by atoms with Crippen LogP contribution in [0.15, 0.2) is 0 Å². The van der Waals surface area contributed by atoms with Crippen LogP contribution in [0.4, 0.5) is 0 Å². The van der Waals surface area contributed by atoms with E-state index in [1.807, 2.05) is 0 Å². The molecule has 0 N–H and O–H groups in total. The summed E-state index contributed by atoms with van der Waals surface area (Å²) in [6.45, 7) is 0. The first-order valence-electron chi connectivity index (χ1n) is 5.10. The smallest absolute Gasteiger partial charge is 0.00812 e. The Balaban J connectivity index is 1.84. The molecule has 1 heteroatoms. The molecule has 0 aromatic heterocycles. The summed E-state index contributed by atoms with van der Waals surface area (Å²) in [5.74, 6) is 2.32. The van der Waals surface area contributed by atoms with Gasteiger partial charge in [-0.2, -0.15) is 11.8 Å². The Labute approximate surface area is 73.1 Å². The fourth-order valence-electron chi connectivity index (χ4n) is 3.45. The van der Waals surface area contributed by atoms with Gasteiger partial charge in [0.25, 0.3) is 0 Å². The Kier molecular flexibility index (Phi) is 1.50. The van der Waals surface area contributed by atoms with Crippen molar-refractivity contribution in [2.75, 3.05) is 0 Å². The molecule has 2 saturated carbocycles. The second-order valence-electron chi connectivity index (χ2n) is 4.40. The van der Waals surface area contributed by atoms with Gasteiger partial charge in [-0.3, -0.25) is 0 Å². The Hall–Kier alpha value is 0.350. The van der Waals surface area contributed by atoms with Gasteiger partial charge in [0.1, 0.15) is 0 Å². The molecular weight excluding hydrogens is 152 g/mol. The second-order valence-corrected chi connectivity index (χ2v) is 5.89. The van der Waals surface area contributed by atoms with Crippen molar-refractivity contribution >= 4 is 11.8 Å². The maximum Gasteiger partial charge on any atom is 0.00812 e. The summed E-state index contributed by atoms with van der Waals surface area (Å²) in [7, 11) is 0. The molecule has 0 aromatic rings. The summed E-state index contributed by atoms with van der Waals surface area (Å²) in [6.07, 6.45) is 9.29. The van der Waals surface area contributed by atoms with E-state index >= 15 is 0 Å². The predicted octanol–water partition coefficient (Wildman–Crippen LogP) is 3.07. The third-order valence-corrected chi connectivity index (χ3v) is 5.78. The van der Waals surface area contributed by atoms with Gasteiger partial charge in [-0.15, -0.1) is 0 Å². The Morgan fingerprint density at radius 1 is 0.727 bits per heavy atom. The topological polar surface area (TPSA) is 0 Å². The van der Waals surface area contributed by atoms with Crippen molar-refractivity contribution in [2.24, 2.45) is 11.8 Å². The lowest BCUT2D eigenvalue weighted by Crippen LogP contribution is -2.13. The number of rotatable bonds is 0. The van der Waals surface area contributed by atoms with Crippen LogP contribution in [0.25, 0.3) is 0 Å². The molecule has 3 aliphatic rings. The van der Waals surface area contributed by atoms with E-state index in [1.165, 1.54) is 12.8 Å². The Morgan fingerprint density at radius 3 is 1.82 bits per heavy atom. The van der Waals surface area contributed by atoms with Gasteiger partial charge in [-0.1, -0.05) is 12.8 Å². The fourth-order valence-corrected chi connectivity index (χ4v) is 5.59. The first-order valence-corrected chi connectivity index (χ1v) is 6.05.